The lowest BCUT2D eigenvalue weighted by atomic mass is 9.91. The number of carbonyl (C=O) groups excluding carboxylic acids is 1. The van der Waals surface area contributed by atoms with Crippen LogP contribution in [0.2, 0.25) is 0 Å². The number of fused-ring (bicyclic) bond motifs is 2. The Balaban J connectivity index is 1.32. The molecule has 1 N–H and O–H groups in total. The fourth-order valence-electron chi connectivity index (χ4n) is 4.49. The maximum atomic E-state index is 12.8. The molecule has 4 aromatic rings. The number of anilines is 1. The molecule has 1 aliphatic rings. The molecule has 0 radical (unpaired) electrons. The van der Waals surface area contributed by atoms with Crippen LogP contribution < -0.4 is 5.32 Å². The van der Waals surface area contributed by atoms with Crippen molar-refractivity contribution in [3.05, 3.63) is 76.6 Å². The topological polar surface area (TPSA) is 73.0 Å². The molecule has 0 bridgehead atoms. The summed E-state index contributed by atoms with van der Waals surface area (Å²) in [7, 11) is 0. The van der Waals surface area contributed by atoms with Gasteiger partial charge in [0, 0.05) is 41.9 Å². The highest BCUT2D eigenvalue weighted by Crippen LogP contribution is 2.30. The summed E-state index contributed by atoms with van der Waals surface area (Å²) in [5, 5.41) is 12.6. The quantitative estimate of drug-likeness (QED) is 0.499. The first-order valence-electron chi connectivity index (χ1n) is 10.9. The first-order valence-corrected chi connectivity index (χ1v) is 10.9. The van der Waals surface area contributed by atoms with E-state index in [1.54, 1.807) is 0 Å². The molecule has 0 saturated carbocycles. The van der Waals surface area contributed by atoms with Gasteiger partial charge in [-0.05, 0) is 50.1 Å². The summed E-state index contributed by atoms with van der Waals surface area (Å²) in [6.07, 6.45) is 2.90. The lowest BCUT2D eigenvalue weighted by Crippen LogP contribution is -2.20. The molecule has 0 saturated heterocycles. The Labute approximate surface area is 181 Å². The summed E-state index contributed by atoms with van der Waals surface area (Å²) in [6, 6.07) is 14.1. The van der Waals surface area contributed by atoms with Crippen molar-refractivity contribution in [3.63, 3.8) is 0 Å². The first kappa shape index (κ1) is 19.5. The minimum Gasteiger partial charge on any atom is -0.451 e. The normalized spacial score (nSPS) is 15.8. The molecule has 6 heteroatoms. The number of hydrogen-bond acceptors (Lipinski definition) is 4. The van der Waals surface area contributed by atoms with Gasteiger partial charge in [0.1, 0.15) is 17.2 Å². The van der Waals surface area contributed by atoms with E-state index in [0.717, 1.165) is 65.2 Å². The molecule has 1 aliphatic heterocycles. The number of rotatable bonds is 4. The van der Waals surface area contributed by atoms with Crippen molar-refractivity contribution in [1.82, 2.24) is 14.8 Å². The fourth-order valence-corrected chi connectivity index (χ4v) is 4.49. The maximum Gasteiger partial charge on any atom is 0.291 e. The summed E-state index contributed by atoms with van der Waals surface area (Å²) in [6.45, 7) is 6.99. The molecule has 3 heterocycles. The van der Waals surface area contributed by atoms with Gasteiger partial charge >= 0.3 is 0 Å². The van der Waals surface area contributed by atoms with Gasteiger partial charge in [0.05, 0.1) is 0 Å². The van der Waals surface area contributed by atoms with Crippen LogP contribution >= 0.6 is 0 Å². The molecular weight excluding hydrogens is 388 g/mol. The van der Waals surface area contributed by atoms with Crippen molar-refractivity contribution >= 4 is 22.6 Å². The minimum atomic E-state index is -0.224. The van der Waals surface area contributed by atoms with E-state index in [9.17, 15) is 4.79 Å². The van der Waals surface area contributed by atoms with E-state index in [2.05, 4.69) is 45.2 Å². The van der Waals surface area contributed by atoms with E-state index < -0.39 is 0 Å². The number of hydrogen-bond donors (Lipinski definition) is 1. The molecule has 2 aromatic heterocycles. The number of nitrogens with zero attached hydrogens (tertiary/aromatic N) is 3. The second-order valence-electron chi connectivity index (χ2n) is 8.36. The van der Waals surface area contributed by atoms with Crippen LogP contribution in [0.25, 0.3) is 11.0 Å². The molecule has 1 amide bonds. The second-order valence-corrected chi connectivity index (χ2v) is 8.36. The maximum absolute atomic E-state index is 12.8. The van der Waals surface area contributed by atoms with Crippen LogP contribution in [0.3, 0.4) is 0 Å². The zero-order valence-corrected chi connectivity index (χ0v) is 18.1. The summed E-state index contributed by atoms with van der Waals surface area (Å²) in [5.41, 5.74) is 4.79. The van der Waals surface area contributed by atoms with Crippen LogP contribution in [0, 0.1) is 13.8 Å². The van der Waals surface area contributed by atoms with Crippen LogP contribution in [0.5, 0.6) is 0 Å². The molecule has 1 unspecified atom stereocenters. The summed E-state index contributed by atoms with van der Waals surface area (Å²) < 4.78 is 8.09. The summed E-state index contributed by atoms with van der Waals surface area (Å²) >= 11 is 0. The van der Waals surface area contributed by atoms with Gasteiger partial charge in [0.15, 0.2) is 5.76 Å². The Morgan fingerprint density at radius 1 is 1.16 bits per heavy atom. The average Bonchev–Trinajstić information content (AvgIpc) is 3.34. The van der Waals surface area contributed by atoms with E-state index in [1.165, 1.54) is 5.56 Å². The minimum absolute atomic E-state index is 0.224. The van der Waals surface area contributed by atoms with E-state index >= 15 is 0 Å². The van der Waals surface area contributed by atoms with Crippen LogP contribution in [-0.4, -0.2) is 20.7 Å². The number of aromatic nitrogens is 3. The molecule has 0 aliphatic carbocycles. The number of aryl methyl sites for hydroxylation is 4. The molecule has 0 spiro atoms. The average molecular weight is 415 g/mol. The van der Waals surface area contributed by atoms with Gasteiger partial charge in [0.2, 0.25) is 0 Å². The van der Waals surface area contributed by atoms with Gasteiger partial charge in [0.25, 0.3) is 5.91 Å². The summed E-state index contributed by atoms with van der Waals surface area (Å²) in [4.78, 5) is 12.8. The molecule has 1 atom stereocenters. The SMILES string of the molecule is CCc1nnc2n1CC(c1ccc(NC(=O)c3oc4ccc(C)cc4c3C)cc1)CC2. The molecule has 6 nitrogen and oxygen atoms in total. The number of amides is 1. The fraction of sp³-hybridized carbons (Fsp3) is 0.320. The highest BCUT2D eigenvalue weighted by molar-refractivity contribution is 6.06. The van der Waals surface area contributed by atoms with E-state index in [-0.39, 0.29) is 5.91 Å². The van der Waals surface area contributed by atoms with Gasteiger partial charge in [-0.15, -0.1) is 10.2 Å². The summed E-state index contributed by atoms with van der Waals surface area (Å²) in [5.74, 6) is 2.72. The van der Waals surface area contributed by atoms with E-state index in [0.29, 0.717) is 11.7 Å². The lowest BCUT2D eigenvalue weighted by Gasteiger charge is -2.24. The van der Waals surface area contributed by atoms with Crippen LogP contribution in [-0.2, 0) is 19.4 Å². The van der Waals surface area contributed by atoms with Crippen LogP contribution in [0.15, 0.2) is 46.9 Å². The highest BCUT2D eigenvalue weighted by Gasteiger charge is 2.24. The third kappa shape index (κ3) is 3.52. The van der Waals surface area contributed by atoms with Crippen molar-refractivity contribution in [2.75, 3.05) is 5.32 Å². The molecule has 5 rings (SSSR count). The zero-order valence-electron chi connectivity index (χ0n) is 18.1. The number of nitrogens with one attached hydrogen (secondary N) is 1. The zero-order chi connectivity index (χ0) is 21.5. The third-order valence-corrected chi connectivity index (χ3v) is 6.28. The van der Waals surface area contributed by atoms with Gasteiger partial charge in [-0.2, -0.15) is 0 Å². The number of furan rings is 1. The van der Waals surface area contributed by atoms with Gasteiger partial charge in [-0.1, -0.05) is 30.7 Å². The Kier molecular flexibility index (Phi) is 4.85. The van der Waals surface area contributed by atoms with Crippen LogP contribution in [0.4, 0.5) is 5.69 Å². The largest absolute Gasteiger partial charge is 0.451 e. The highest BCUT2D eigenvalue weighted by atomic mass is 16.3. The van der Waals surface area contributed by atoms with Gasteiger partial charge in [-0.3, -0.25) is 4.79 Å². The predicted octanol–water partition coefficient (Wildman–Crippen LogP) is 5.19. The van der Waals surface area contributed by atoms with Crippen molar-refractivity contribution in [3.8, 4) is 0 Å². The van der Waals surface area contributed by atoms with Crippen molar-refractivity contribution in [2.24, 2.45) is 0 Å². The molecule has 31 heavy (non-hydrogen) atoms. The second kappa shape index (κ2) is 7.69. The van der Waals surface area contributed by atoms with Crippen molar-refractivity contribution in [1.29, 1.82) is 0 Å². The number of benzene rings is 2. The molecular formula is C25H26N4O2. The van der Waals surface area contributed by atoms with Crippen molar-refractivity contribution < 1.29 is 9.21 Å². The molecule has 2 aromatic carbocycles. The monoisotopic (exact) mass is 414 g/mol. The predicted molar refractivity (Wildman–Crippen MR) is 121 cm³/mol. The molecule has 158 valence electrons. The Bertz CT molecular complexity index is 1250. The smallest absolute Gasteiger partial charge is 0.291 e. The number of carbonyl (C=O) groups is 1. The Hall–Kier alpha value is -3.41. The van der Waals surface area contributed by atoms with Gasteiger partial charge < -0.3 is 14.3 Å². The first-order chi connectivity index (χ1) is 15.0. The Morgan fingerprint density at radius 2 is 1.97 bits per heavy atom. The van der Waals surface area contributed by atoms with Crippen molar-refractivity contribution in [2.45, 2.75) is 52.5 Å². The van der Waals surface area contributed by atoms with Gasteiger partial charge in [-0.25, -0.2) is 0 Å². The standard InChI is InChI=1S/C25H26N4O2/c1-4-22-27-28-23-12-8-18(14-29(22)23)17-6-9-19(10-7-17)26-25(30)24-16(3)20-13-15(2)5-11-21(20)31-24/h5-7,9-11,13,18H,4,8,12,14H2,1-3H3,(H,26,30). The molecule has 0 fully saturated rings. The lowest BCUT2D eigenvalue weighted by molar-refractivity contribution is 0.0998. The van der Waals surface area contributed by atoms with E-state index in [1.807, 2.05) is 38.1 Å². The Morgan fingerprint density at radius 3 is 2.74 bits per heavy atom. The van der Waals surface area contributed by atoms with E-state index in [4.69, 9.17) is 4.42 Å². The third-order valence-electron chi connectivity index (χ3n) is 6.28. The van der Waals surface area contributed by atoms with Crippen LogP contribution in [0.1, 0.15) is 58.2 Å².